The fourth-order valence-corrected chi connectivity index (χ4v) is 6.38. The Balaban J connectivity index is 1.51. The van der Waals surface area contributed by atoms with Crippen molar-refractivity contribution in [3.05, 3.63) is 83.9 Å². The molecule has 1 amide bonds. The summed E-state index contributed by atoms with van der Waals surface area (Å²) in [6.45, 7) is 4.37. The number of H-pyrrole nitrogens is 1. The van der Waals surface area contributed by atoms with Crippen LogP contribution in [0.15, 0.2) is 77.2 Å². The maximum absolute atomic E-state index is 13.4. The first-order valence-corrected chi connectivity index (χ1v) is 17.1. The summed E-state index contributed by atoms with van der Waals surface area (Å²) in [5.74, 6) is 1.03. The van der Waals surface area contributed by atoms with Gasteiger partial charge in [0.15, 0.2) is 5.82 Å². The summed E-state index contributed by atoms with van der Waals surface area (Å²) in [6, 6.07) is 23.0. The Morgan fingerprint density at radius 2 is 1.74 bits per heavy atom. The molecular weight excluding hydrogens is 616 g/mol. The highest BCUT2D eigenvalue weighted by atomic mass is 32.2. The molecule has 0 unspecified atom stereocenters. The molecule has 6 aromatic rings. The predicted octanol–water partition coefficient (Wildman–Crippen LogP) is 5.61. The van der Waals surface area contributed by atoms with Crippen molar-refractivity contribution in [1.29, 1.82) is 0 Å². The van der Waals surface area contributed by atoms with E-state index in [1.807, 2.05) is 67.6 Å². The molecule has 0 atom stereocenters. The van der Waals surface area contributed by atoms with E-state index in [4.69, 9.17) is 19.1 Å². The van der Waals surface area contributed by atoms with Crippen LogP contribution in [0.25, 0.3) is 56.0 Å². The summed E-state index contributed by atoms with van der Waals surface area (Å²) >= 11 is 0. The Bertz CT molecular complexity index is 2220. The first kappa shape index (κ1) is 30.5. The van der Waals surface area contributed by atoms with Crippen LogP contribution in [0.5, 0.6) is 0 Å². The number of nitrogens with zero attached hydrogens (tertiary/aromatic N) is 4. The number of morpholine rings is 1. The fraction of sp³-hybridized carbons (Fsp3) is 0.229. The van der Waals surface area contributed by atoms with E-state index < -0.39 is 10.0 Å². The summed E-state index contributed by atoms with van der Waals surface area (Å²) < 4.78 is 39.1. The second kappa shape index (κ2) is 11.9. The van der Waals surface area contributed by atoms with E-state index in [1.54, 1.807) is 19.2 Å². The average Bonchev–Trinajstić information content (AvgIpc) is 3.69. The average molecular weight is 651 g/mol. The van der Waals surface area contributed by atoms with Gasteiger partial charge in [0.2, 0.25) is 10.0 Å². The van der Waals surface area contributed by atoms with Crippen molar-refractivity contribution in [2.45, 2.75) is 6.92 Å². The Hall–Kier alpha value is -5.20. The minimum atomic E-state index is -3.72. The molecule has 0 spiro atoms. The largest absolute Gasteiger partial charge is 0.455 e. The van der Waals surface area contributed by atoms with Crippen LogP contribution in [0.1, 0.15) is 15.9 Å². The van der Waals surface area contributed by atoms with E-state index in [9.17, 15) is 13.2 Å². The number of furan rings is 1. The molecule has 1 saturated heterocycles. The Labute approximate surface area is 272 Å². The van der Waals surface area contributed by atoms with Crippen LogP contribution >= 0.6 is 0 Å². The highest BCUT2D eigenvalue weighted by molar-refractivity contribution is 7.92. The number of anilines is 2. The van der Waals surface area contributed by atoms with Crippen LogP contribution in [-0.2, 0) is 14.8 Å². The summed E-state index contributed by atoms with van der Waals surface area (Å²) in [7, 11) is -0.679. The molecule has 2 N–H and O–H groups in total. The number of amides is 1. The van der Waals surface area contributed by atoms with Crippen molar-refractivity contribution in [2.75, 3.05) is 55.9 Å². The molecule has 3 aromatic heterocycles. The van der Waals surface area contributed by atoms with E-state index in [1.165, 1.54) is 11.4 Å². The number of fused-ring (bicyclic) bond motifs is 2. The topological polar surface area (TPSA) is 134 Å². The number of rotatable bonds is 7. The molecule has 240 valence electrons. The normalized spacial score (nSPS) is 13.7. The molecule has 0 bridgehead atoms. The number of hydrogen-bond acceptors (Lipinski definition) is 8. The van der Waals surface area contributed by atoms with Crippen molar-refractivity contribution in [1.82, 2.24) is 20.3 Å². The smallest absolute Gasteiger partial charge is 0.255 e. The standard InChI is InChI=1S/C35H34N6O5S/c1-21-9-11-22(12-10-21)33-32(35(42)36-2)25-18-24(29(20-30(25)46-33)40(3)47(4,43)44)34-38-28(19-31(39-34)41-13-15-45-16-14-41)27-17-23-7-5-6-8-26(23)37-27/h5-12,17-20,37H,13-16H2,1-4H3,(H,36,42). The lowest BCUT2D eigenvalue weighted by Gasteiger charge is -2.28. The van der Waals surface area contributed by atoms with Gasteiger partial charge in [-0.15, -0.1) is 0 Å². The fourth-order valence-electron chi connectivity index (χ4n) is 5.87. The quantitative estimate of drug-likeness (QED) is 0.228. The van der Waals surface area contributed by atoms with Gasteiger partial charge in [-0.3, -0.25) is 9.10 Å². The monoisotopic (exact) mass is 650 g/mol. The molecular formula is C35H34N6O5S. The third-order valence-electron chi connectivity index (χ3n) is 8.51. The van der Waals surface area contributed by atoms with Crippen molar-refractivity contribution < 1.29 is 22.4 Å². The van der Waals surface area contributed by atoms with Gasteiger partial charge in [-0.25, -0.2) is 18.4 Å². The van der Waals surface area contributed by atoms with Gasteiger partial charge >= 0.3 is 0 Å². The highest BCUT2D eigenvalue weighted by Gasteiger charge is 2.28. The van der Waals surface area contributed by atoms with Crippen LogP contribution in [0.2, 0.25) is 0 Å². The second-order valence-electron chi connectivity index (χ2n) is 11.7. The molecule has 1 aliphatic rings. The molecule has 47 heavy (non-hydrogen) atoms. The van der Waals surface area contributed by atoms with E-state index >= 15 is 0 Å². The van der Waals surface area contributed by atoms with Gasteiger partial charge in [-0.05, 0) is 25.1 Å². The van der Waals surface area contributed by atoms with Gasteiger partial charge < -0.3 is 24.4 Å². The Morgan fingerprint density at radius 3 is 2.45 bits per heavy atom. The zero-order valence-corrected chi connectivity index (χ0v) is 27.3. The summed E-state index contributed by atoms with van der Waals surface area (Å²) in [5, 5.41) is 4.28. The lowest BCUT2D eigenvalue weighted by Crippen LogP contribution is -2.36. The first-order valence-electron chi connectivity index (χ1n) is 15.2. The second-order valence-corrected chi connectivity index (χ2v) is 13.7. The number of aromatic nitrogens is 3. The van der Waals surface area contributed by atoms with Crippen LogP contribution in [0, 0.1) is 6.92 Å². The maximum atomic E-state index is 13.4. The van der Waals surface area contributed by atoms with Gasteiger partial charge in [0, 0.05) is 66.7 Å². The highest BCUT2D eigenvalue weighted by Crippen LogP contribution is 2.41. The van der Waals surface area contributed by atoms with E-state index in [2.05, 4.69) is 15.2 Å². The molecule has 0 saturated carbocycles. The Kier molecular flexibility index (Phi) is 7.69. The number of aryl methyl sites for hydroxylation is 1. The van der Waals surface area contributed by atoms with Gasteiger partial charge in [0.1, 0.15) is 17.2 Å². The van der Waals surface area contributed by atoms with Crippen LogP contribution in [0.4, 0.5) is 11.5 Å². The van der Waals surface area contributed by atoms with Crippen molar-refractivity contribution in [2.24, 2.45) is 0 Å². The minimum absolute atomic E-state index is 0.302. The lowest BCUT2D eigenvalue weighted by atomic mass is 10.0. The number of aromatic amines is 1. The van der Waals surface area contributed by atoms with E-state index in [0.29, 0.717) is 77.2 Å². The number of carbonyl (C=O) groups is 1. The van der Waals surface area contributed by atoms with E-state index in [-0.39, 0.29) is 5.91 Å². The van der Waals surface area contributed by atoms with Gasteiger partial charge in [-0.2, -0.15) is 0 Å². The predicted molar refractivity (Wildman–Crippen MR) is 184 cm³/mol. The first-order chi connectivity index (χ1) is 22.6. The summed E-state index contributed by atoms with van der Waals surface area (Å²) in [5.41, 5.74) is 5.61. The van der Waals surface area contributed by atoms with Crippen LogP contribution in [-0.4, -0.2) is 75.9 Å². The zero-order valence-electron chi connectivity index (χ0n) is 26.5. The third-order valence-corrected chi connectivity index (χ3v) is 9.70. The number of carbonyl (C=O) groups excluding carboxylic acids is 1. The van der Waals surface area contributed by atoms with Crippen molar-refractivity contribution >= 4 is 49.3 Å². The number of para-hydroxylation sites is 1. The SMILES string of the molecule is CNC(=O)c1c(-c2ccc(C)cc2)oc2cc(N(C)S(C)(=O)=O)c(-c3nc(-c4cc5ccccc5[nH]4)cc(N4CCOCC4)n3)cc12. The number of sulfonamides is 1. The number of nitrogens with one attached hydrogen (secondary N) is 2. The third kappa shape index (κ3) is 5.70. The molecule has 0 radical (unpaired) electrons. The van der Waals surface area contributed by atoms with Gasteiger partial charge in [0.25, 0.3) is 5.91 Å². The van der Waals surface area contributed by atoms with Crippen molar-refractivity contribution in [3.8, 4) is 34.1 Å². The van der Waals surface area contributed by atoms with E-state index in [0.717, 1.165) is 34.0 Å². The lowest BCUT2D eigenvalue weighted by molar-refractivity contribution is 0.0964. The molecule has 1 aliphatic heterocycles. The maximum Gasteiger partial charge on any atom is 0.255 e. The Morgan fingerprint density at radius 1 is 1.00 bits per heavy atom. The molecule has 11 nitrogen and oxygen atoms in total. The summed E-state index contributed by atoms with van der Waals surface area (Å²) in [4.78, 5) is 29.0. The molecule has 12 heteroatoms. The number of hydrogen-bond donors (Lipinski definition) is 2. The zero-order chi connectivity index (χ0) is 32.9. The van der Waals surface area contributed by atoms with Crippen LogP contribution < -0.4 is 14.5 Å². The minimum Gasteiger partial charge on any atom is -0.455 e. The molecule has 3 aromatic carbocycles. The van der Waals surface area contributed by atoms with Gasteiger partial charge in [0.05, 0.1) is 42.1 Å². The molecule has 7 rings (SSSR count). The molecule has 4 heterocycles. The molecule has 1 fully saturated rings. The van der Waals surface area contributed by atoms with Crippen molar-refractivity contribution in [3.63, 3.8) is 0 Å². The molecule has 0 aliphatic carbocycles. The van der Waals surface area contributed by atoms with Crippen LogP contribution in [0.3, 0.4) is 0 Å². The van der Waals surface area contributed by atoms with Gasteiger partial charge in [-0.1, -0.05) is 48.0 Å². The summed E-state index contributed by atoms with van der Waals surface area (Å²) in [6.07, 6.45) is 1.14. The number of ether oxygens (including phenoxy) is 1. The number of benzene rings is 3.